The summed E-state index contributed by atoms with van der Waals surface area (Å²) in [6, 6.07) is 0. The van der Waals surface area contributed by atoms with E-state index in [1.165, 1.54) is 244 Å². The van der Waals surface area contributed by atoms with Crippen LogP contribution in [0.15, 0.2) is 36.5 Å². The summed E-state index contributed by atoms with van der Waals surface area (Å²) in [7, 11) is 0. The molecule has 0 N–H and O–H groups in total. The van der Waals surface area contributed by atoms with E-state index in [1.807, 2.05) is 0 Å². The van der Waals surface area contributed by atoms with Crippen LogP contribution in [0.4, 0.5) is 0 Å². The van der Waals surface area contributed by atoms with Gasteiger partial charge in [0.25, 0.3) is 0 Å². The predicted octanol–water partition coefficient (Wildman–Crippen LogP) is 22.0. The quantitative estimate of drug-likeness (QED) is 0.0261. The molecule has 0 aliphatic carbocycles. The van der Waals surface area contributed by atoms with Crippen molar-refractivity contribution in [2.24, 2.45) is 0 Å². The molecule has 0 saturated carbocycles. The van der Waals surface area contributed by atoms with E-state index in [9.17, 15) is 14.4 Å². The second-order valence-electron chi connectivity index (χ2n) is 22.0. The third kappa shape index (κ3) is 60.4. The van der Waals surface area contributed by atoms with Crippen LogP contribution in [0.2, 0.25) is 0 Å². The SMILES string of the molecule is CCCCCCC/C=C\C/C=C\CCCCCCCCCCCCCCCCCCCCCC(=O)OCC(COC(=O)CCCCCCC)OC(=O)CCCCCCCCCCC/C=C\CCCCCCCC. The third-order valence-electron chi connectivity index (χ3n) is 14.6. The first-order valence-corrected chi connectivity index (χ1v) is 32.5. The fourth-order valence-electron chi connectivity index (χ4n) is 9.71. The van der Waals surface area contributed by atoms with Gasteiger partial charge in [-0.15, -0.1) is 0 Å². The number of hydrogen-bond acceptors (Lipinski definition) is 6. The molecule has 0 aliphatic heterocycles. The fourth-order valence-corrected chi connectivity index (χ4v) is 9.71. The molecule has 73 heavy (non-hydrogen) atoms. The van der Waals surface area contributed by atoms with Crippen LogP contribution in [-0.2, 0) is 28.6 Å². The van der Waals surface area contributed by atoms with Crippen molar-refractivity contribution in [2.75, 3.05) is 13.2 Å². The highest BCUT2D eigenvalue weighted by Crippen LogP contribution is 2.17. The van der Waals surface area contributed by atoms with Crippen molar-refractivity contribution >= 4 is 17.9 Å². The van der Waals surface area contributed by atoms with Crippen LogP contribution in [0.25, 0.3) is 0 Å². The molecule has 0 aromatic carbocycles. The average molecular weight is 1030 g/mol. The van der Waals surface area contributed by atoms with E-state index in [0.29, 0.717) is 19.3 Å². The number of carbonyl (C=O) groups is 3. The van der Waals surface area contributed by atoms with Crippen molar-refractivity contribution in [1.29, 1.82) is 0 Å². The van der Waals surface area contributed by atoms with Gasteiger partial charge in [0.15, 0.2) is 6.10 Å². The van der Waals surface area contributed by atoms with Gasteiger partial charge < -0.3 is 14.2 Å². The summed E-state index contributed by atoms with van der Waals surface area (Å²) in [5, 5.41) is 0. The molecular weight excluding hydrogens is 901 g/mol. The summed E-state index contributed by atoms with van der Waals surface area (Å²) in [6.07, 6.45) is 76.4. The number of esters is 3. The van der Waals surface area contributed by atoms with Gasteiger partial charge in [-0.1, -0.05) is 295 Å². The number of hydrogen-bond donors (Lipinski definition) is 0. The van der Waals surface area contributed by atoms with Gasteiger partial charge in [-0.3, -0.25) is 14.4 Å². The number of ether oxygens (including phenoxy) is 3. The average Bonchev–Trinajstić information content (AvgIpc) is 3.39. The van der Waals surface area contributed by atoms with Crippen LogP contribution in [0.1, 0.15) is 355 Å². The van der Waals surface area contributed by atoms with Crippen LogP contribution in [0.3, 0.4) is 0 Å². The van der Waals surface area contributed by atoms with Crippen molar-refractivity contribution in [3.05, 3.63) is 36.5 Å². The zero-order valence-electron chi connectivity index (χ0n) is 49.2. The third-order valence-corrected chi connectivity index (χ3v) is 14.6. The minimum atomic E-state index is -0.767. The van der Waals surface area contributed by atoms with Crippen molar-refractivity contribution in [3.8, 4) is 0 Å². The van der Waals surface area contributed by atoms with E-state index in [1.54, 1.807) is 0 Å². The van der Waals surface area contributed by atoms with Gasteiger partial charge in [-0.25, -0.2) is 0 Å². The monoisotopic (exact) mass is 1020 g/mol. The summed E-state index contributed by atoms with van der Waals surface area (Å²) in [5.74, 6) is -0.865. The molecule has 0 bridgehead atoms. The number of allylic oxidation sites excluding steroid dienone is 6. The molecule has 0 amide bonds. The van der Waals surface area contributed by atoms with Gasteiger partial charge in [-0.2, -0.15) is 0 Å². The molecule has 6 nitrogen and oxygen atoms in total. The smallest absolute Gasteiger partial charge is 0.306 e. The Morgan fingerprint density at radius 3 is 0.767 bits per heavy atom. The predicted molar refractivity (Wildman–Crippen MR) is 316 cm³/mol. The summed E-state index contributed by atoms with van der Waals surface area (Å²) in [5.41, 5.74) is 0. The Morgan fingerprint density at radius 2 is 0.493 bits per heavy atom. The molecule has 0 spiro atoms. The molecule has 1 unspecified atom stereocenters. The minimum Gasteiger partial charge on any atom is -0.462 e. The first-order chi connectivity index (χ1) is 36.0. The molecule has 6 heteroatoms. The van der Waals surface area contributed by atoms with Gasteiger partial charge >= 0.3 is 17.9 Å². The Kier molecular flexibility index (Phi) is 60.2. The molecule has 0 saturated heterocycles. The van der Waals surface area contributed by atoms with Gasteiger partial charge in [-0.05, 0) is 77.0 Å². The van der Waals surface area contributed by atoms with Crippen LogP contribution in [-0.4, -0.2) is 37.2 Å². The van der Waals surface area contributed by atoms with Gasteiger partial charge in [0.05, 0.1) is 0 Å². The van der Waals surface area contributed by atoms with Crippen LogP contribution in [0, 0.1) is 0 Å². The molecule has 0 radical (unpaired) electrons. The largest absolute Gasteiger partial charge is 0.462 e. The number of carbonyl (C=O) groups excluding carboxylic acids is 3. The molecule has 428 valence electrons. The molecule has 0 aromatic rings. The zero-order chi connectivity index (χ0) is 52.9. The van der Waals surface area contributed by atoms with Crippen molar-refractivity contribution in [3.63, 3.8) is 0 Å². The van der Waals surface area contributed by atoms with Crippen LogP contribution < -0.4 is 0 Å². The number of rotatable bonds is 60. The maximum Gasteiger partial charge on any atom is 0.306 e. The lowest BCUT2D eigenvalue weighted by molar-refractivity contribution is -0.167. The van der Waals surface area contributed by atoms with E-state index in [2.05, 4.69) is 57.2 Å². The maximum atomic E-state index is 12.8. The lowest BCUT2D eigenvalue weighted by Gasteiger charge is -2.18. The molecule has 1 atom stereocenters. The first kappa shape index (κ1) is 70.6. The van der Waals surface area contributed by atoms with E-state index in [4.69, 9.17) is 14.2 Å². The molecular formula is C67H124O6. The molecule has 0 rings (SSSR count). The number of unbranched alkanes of at least 4 members (excludes halogenated alkanes) is 43. The Balaban J connectivity index is 3.93. The summed E-state index contributed by atoms with van der Waals surface area (Å²) in [4.78, 5) is 37.9. The van der Waals surface area contributed by atoms with Gasteiger partial charge in [0.2, 0.25) is 0 Å². The van der Waals surface area contributed by atoms with E-state index in [0.717, 1.165) is 70.6 Å². The Morgan fingerprint density at radius 1 is 0.274 bits per heavy atom. The second-order valence-corrected chi connectivity index (χ2v) is 22.0. The maximum absolute atomic E-state index is 12.8. The zero-order valence-corrected chi connectivity index (χ0v) is 49.2. The van der Waals surface area contributed by atoms with Crippen molar-refractivity contribution in [2.45, 2.75) is 361 Å². The highest BCUT2D eigenvalue weighted by Gasteiger charge is 2.19. The molecule has 0 fully saturated rings. The van der Waals surface area contributed by atoms with Gasteiger partial charge in [0.1, 0.15) is 13.2 Å². The Hall–Kier alpha value is -2.37. The lowest BCUT2D eigenvalue weighted by Crippen LogP contribution is -2.30. The van der Waals surface area contributed by atoms with Crippen molar-refractivity contribution < 1.29 is 28.6 Å². The van der Waals surface area contributed by atoms with Crippen molar-refractivity contribution in [1.82, 2.24) is 0 Å². The highest BCUT2D eigenvalue weighted by molar-refractivity contribution is 5.71. The highest BCUT2D eigenvalue weighted by atomic mass is 16.6. The topological polar surface area (TPSA) is 78.9 Å². The lowest BCUT2D eigenvalue weighted by atomic mass is 10.0. The standard InChI is InChI=1S/C67H124O6/c1-4-7-10-13-15-17-19-21-23-25-27-28-29-30-31-32-33-34-35-36-37-38-40-41-43-45-47-49-51-54-57-60-66(69)72-63-64(62-71-65(68)59-56-53-12-9-6-3)73-67(70)61-58-55-52-50-48-46-44-42-39-26-24-22-20-18-16-14-11-8-5-2/h19,21-22,24-25,27,64H,4-18,20,23,26,28-63H2,1-3H3/b21-19-,24-22-,27-25-. The summed E-state index contributed by atoms with van der Waals surface area (Å²) < 4.78 is 16.8. The fraction of sp³-hybridized carbons (Fsp3) is 0.866. The Bertz CT molecular complexity index is 1220. The summed E-state index contributed by atoms with van der Waals surface area (Å²) in [6.45, 7) is 6.59. The molecule has 0 aliphatic rings. The van der Waals surface area contributed by atoms with E-state index >= 15 is 0 Å². The van der Waals surface area contributed by atoms with E-state index in [-0.39, 0.29) is 31.1 Å². The first-order valence-electron chi connectivity index (χ1n) is 32.5. The summed E-state index contributed by atoms with van der Waals surface area (Å²) >= 11 is 0. The van der Waals surface area contributed by atoms with Crippen LogP contribution in [0.5, 0.6) is 0 Å². The minimum absolute atomic E-state index is 0.0688. The van der Waals surface area contributed by atoms with Crippen LogP contribution >= 0.6 is 0 Å². The molecule has 0 aromatic heterocycles. The second kappa shape index (κ2) is 62.2. The normalized spacial score (nSPS) is 12.2. The van der Waals surface area contributed by atoms with Gasteiger partial charge in [0, 0.05) is 19.3 Å². The molecule has 0 heterocycles. The Labute approximate surface area is 455 Å². The van der Waals surface area contributed by atoms with E-state index < -0.39 is 6.10 Å².